The van der Waals surface area contributed by atoms with Crippen molar-refractivity contribution in [2.75, 3.05) is 11.9 Å². The highest BCUT2D eigenvalue weighted by molar-refractivity contribution is 6.30. The molecule has 3 rings (SSSR count). The summed E-state index contributed by atoms with van der Waals surface area (Å²) >= 11 is 5.95. The molecule has 2 aromatic rings. The van der Waals surface area contributed by atoms with Gasteiger partial charge in [0.1, 0.15) is 0 Å². The van der Waals surface area contributed by atoms with E-state index in [4.69, 9.17) is 11.6 Å². The number of benzene rings is 2. The third-order valence-corrected chi connectivity index (χ3v) is 4.29. The zero-order chi connectivity index (χ0) is 16.9. The summed E-state index contributed by atoms with van der Waals surface area (Å²) in [7, 11) is 0. The van der Waals surface area contributed by atoms with E-state index in [1.54, 1.807) is 0 Å². The maximum atomic E-state index is 12.1. The minimum atomic E-state index is -0.00294. The second-order valence-corrected chi connectivity index (χ2v) is 6.38. The van der Waals surface area contributed by atoms with Crippen LogP contribution in [0.5, 0.6) is 0 Å². The minimum Gasteiger partial charge on any atom is -0.355 e. The quantitative estimate of drug-likeness (QED) is 0.877. The standard InChI is InChI=1S/C19H19ClN2O2/c20-16-3-1-2-13(11-16)8-9-21-19(24)12-14-4-6-17-15(10-14)5-7-18(23)22-17/h1-4,6,10-11H,5,7-9,12H2,(H,21,24)(H,22,23). The molecule has 1 heterocycles. The van der Waals surface area contributed by atoms with Crippen molar-refractivity contribution in [1.82, 2.24) is 5.32 Å². The second-order valence-electron chi connectivity index (χ2n) is 5.95. The molecule has 0 saturated carbocycles. The van der Waals surface area contributed by atoms with Crippen LogP contribution in [-0.2, 0) is 28.9 Å². The number of rotatable bonds is 5. The highest BCUT2D eigenvalue weighted by Gasteiger charge is 2.15. The van der Waals surface area contributed by atoms with Crippen LogP contribution < -0.4 is 10.6 Å². The van der Waals surface area contributed by atoms with E-state index in [0.29, 0.717) is 24.4 Å². The number of fused-ring (bicyclic) bond motifs is 1. The van der Waals surface area contributed by atoms with Crippen LogP contribution in [0.2, 0.25) is 5.02 Å². The lowest BCUT2D eigenvalue weighted by Gasteiger charge is -2.17. The molecule has 5 heteroatoms. The molecule has 1 aliphatic heterocycles. The van der Waals surface area contributed by atoms with Crippen LogP contribution in [-0.4, -0.2) is 18.4 Å². The Morgan fingerprint density at radius 2 is 2.00 bits per heavy atom. The van der Waals surface area contributed by atoms with Crippen LogP contribution in [0, 0.1) is 0 Å². The maximum absolute atomic E-state index is 12.1. The molecule has 0 bridgehead atoms. The molecule has 0 fully saturated rings. The van der Waals surface area contributed by atoms with E-state index in [-0.39, 0.29) is 11.8 Å². The Morgan fingerprint density at radius 1 is 1.12 bits per heavy atom. The fraction of sp³-hybridized carbons (Fsp3) is 0.263. The van der Waals surface area contributed by atoms with E-state index in [9.17, 15) is 9.59 Å². The largest absolute Gasteiger partial charge is 0.355 e. The third kappa shape index (κ3) is 4.36. The predicted molar refractivity (Wildman–Crippen MR) is 95.3 cm³/mol. The molecular formula is C19H19ClN2O2. The molecule has 0 unspecified atom stereocenters. The minimum absolute atomic E-state index is 0.00294. The predicted octanol–water partition coefficient (Wildman–Crippen LogP) is 3.13. The highest BCUT2D eigenvalue weighted by atomic mass is 35.5. The average molecular weight is 343 g/mol. The van der Waals surface area contributed by atoms with Crippen LogP contribution in [0.15, 0.2) is 42.5 Å². The van der Waals surface area contributed by atoms with Crippen molar-refractivity contribution in [2.24, 2.45) is 0 Å². The van der Waals surface area contributed by atoms with Crippen LogP contribution in [0.1, 0.15) is 23.1 Å². The summed E-state index contributed by atoms with van der Waals surface area (Å²) in [5, 5.41) is 6.49. The Labute approximate surface area is 146 Å². The summed E-state index contributed by atoms with van der Waals surface area (Å²) in [6.45, 7) is 0.584. The first-order chi connectivity index (χ1) is 11.6. The van der Waals surface area contributed by atoms with Gasteiger partial charge in [0.2, 0.25) is 11.8 Å². The maximum Gasteiger partial charge on any atom is 0.224 e. The zero-order valence-corrected chi connectivity index (χ0v) is 14.0. The first-order valence-electron chi connectivity index (χ1n) is 8.03. The molecule has 124 valence electrons. The molecule has 1 aliphatic rings. The van der Waals surface area contributed by atoms with Gasteiger partial charge in [-0.05, 0) is 47.7 Å². The SMILES string of the molecule is O=C(Cc1ccc2c(c1)CCC(=O)N2)NCCc1cccc(Cl)c1. The third-order valence-electron chi connectivity index (χ3n) is 4.05. The first kappa shape index (κ1) is 16.5. The van der Waals surface area contributed by atoms with E-state index in [2.05, 4.69) is 10.6 Å². The lowest BCUT2D eigenvalue weighted by molar-refractivity contribution is -0.120. The smallest absolute Gasteiger partial charge is 0.224 e. The van der Waals surface area contributed by atoms with Gasteiger partial charge in [0.25, 0.3) is 0 Å². The molecule has 4 nitrogen and oxygen atoms in total. The average Bonchev–Trinajstić information content (AvgIpc) is 2.55. The number of aryl methyl sites for hydroxylation is 1. The van der Waals surface area contributed by atoms with Gasteiger partial charge in [-0.1, -0.05) is 35.9 Å². The Balaban J connectivity index is 1.51. The molecule has 0 aliphatic carbocycles. The van der Waals surface area contributed by atoms with Crippen molar-refractivity contribution in [3.05, 3.63) is 64.2 Å². The molecule has 2 aromatic carbocycles. The monoisotopic (exact) mass is 342 g/mol. The van der Waals surface area contributed by atoms with E-state index < -0.39 is 0 Å². The van der Waals surface area contributed by atoms with Gasteiger partial charge in [0, 0.05) is 23.7 Å². The Kier molecular flexibility index (Phi) is 5.16. The van der Waals surface area contributed by atoms with E-state index in [1.165, 1.54) is 0 Å². The summed E-state index contributed by atoms with van der Waals surface area (Å²) < 4.78 is 0. The fourth-order valence-electron chi connectivity index (χ4n) is 2.83. The molecular weight excluding hydrogens is 324 g/mol. The molecule has 0 atom stereocenters. The van der Waals surface area contributed by atoms with Crippen molar-refractivity contribution in [3.8, 4) is 0 Å². The summed E-state index contributed by atoms with van der Waals surface area (Å²) in [5.74, 6) is 0.0471. The zero-order valence-electron chi connectivity index (χ0n) is 13.3. The molecule has 0 spiro atoms. The molecule has 2 amide bonds. The van der Waals surface area contributed by atoms with Gasteiger partial charge in [0.15, 0.2) is 0 Å². The molecule has 24 heavy (non-hydrogen) atoms. The summed E-state index contributed by atoms with van der Waals surface area (Å²) in [4.78, 5) is 23.4. The summed E-state index contributed by atoms with van der Waals surface area (Å²) in [6, 6.07) is 13.4. The van der Waals surface area contributed by atoms with Crippen molar-refractivity contribution >= 4 is 29.1 Å². The van der Waals surface area contributed by atoms with Crippen molar-refractivity contribution in [3.63, 3.8) is 0 Å². The van der Waals surface area contributed by atoms with Crippen LogP contribution in [0.3, 0.4) is 0 Å². The topological polar surface area (TPSA) is 58.2 Å². The number of carbonyl (C=O) groups excluding carboxylic acids is 2. The lowest BCUT2D eigenvalue weighted by atomic mass is 9.99. The number of carbonyl (C=O) groups is 2. The Morgan fingerprint density at radius 3 is 2.83 bits per heavy atom. The number of amides is 2. The Hall–Kier alpha value is -2.33. The van der Waals surface area contributed by atoms with E-state index in [0.717, 1.165) is 35.2 Å². The molecule has 0 aromatic heterocycles. The van der Waals surface area contributed by atoms with Crippen molar-refractivity contribution < 1.29 is 9.59 Å². The van der Waals surface area contributed by atoms with Gasteiger partial charge >= 0.3 is 0 Å². The fourth-order valence-corrected chi connectivity index (χ4v) is 3.05. The number of nitrogens with one attached hydrogen (secondary N) is 2. The highest BCUT2D eigenvalue weighted by Crippen LogP contribution is 2.23. The van der Waals surface area contributed by atoms with Crippen molar-refractivity contribution in [2.45, 2.75) is 25.7 Å². The number of halogens is 1. The van der Waals surface area contributed by atoms with Crippen molar-refractivity contribution in [1.29, 1.82) is 0 Å². The van der Waals surface area contributed by atoms with Gasteiger partial charge in [-0.25, -0.2) is 0 Å². The van der Waals surface area contributed by atoms with Gasteiger partial charge < -0.3 is 10.6 Å². The van der Waals surface area contributed by atoms with Crippen LogP contribution in [0.4, 0.5) is 5.69 Å². The molecule has 0 radical (unpaired) electrons. The molecule has 0 saturated heterocycles. The Bertz CT molecular complexity index is 774. The summed E-state index contributed by atoms with van der Waals surface area (Å²) in [6.07, 6.45) is 2.33. The second kappa shape index (κ2) is 7.49. The normalized spacial score (nSPS) is 13.1. The van der Waals surface area contributed by atoms with E-state index in [1.807, 2.05) is 42.5 Å². The van der Waals surface area contributed by atoms with Crippen LogP contribution >= 0.6 is 11.6 Å². The lowest BCUT2D eigenvalue weighted by Crippen LogP contribution is -2.27. The number of hydrogen-bond donors (Lipinski definition) is 2. The summed E-state index contributed by atoms with van der Waals surface area (Å²) in [5.41, 5.74) is 4.02. The van der Waals surface area contributed by atoms with Gasteiger partial charge in [-0.2, -0.15) is 0 Å². The van der Waals surface area contributed by atoms with Gasteiger partial charge in [-0.3, -0.25) is 9.59 Å². The first-order valence-corrected chi connectivity index (χ1v) is 8.41. The van der Waals surface area contributed by atoms with Gasteiger partial charge in [-0.15, -0.1) is 0 Å². The van der Waals surface area contributed by atoms with E-state index >= 15 is 0 Å². The van der Waals surface area contributed by atoms with Crippen LogP contribution in [0.25, 0.3) is 0 Å². The van der Waals surface area contributed by atoms with Gasteiger partial charge in [0.05, 0.1) is 6.42 Å². The number of hydrogen-bond acceptors (Lipinski definition) is 2. The molecule has 2 N–H and O–H groups in total. The number of anilines is 1.